The number of benzene rings is 1. The summed E-state index contributed by atoms with van der Waals surface area (Å²) < 4.78 is 50.1. The van der Waals surface area contributed by atoms with Crippen LogP contribution in [0.5, 0.6) is 0 Å². The first-order valence-corrected chi connectivity index (χ1v) is 11.5. The lowest BCUT2D eigenvalue weighted by atomic mass is 10.00. The largest absolute Gasteiger partial charge is 0.417 e. The van der Waals surface area contributed by atoms with Crippen LogP contribution < -0.4 is 5.73 Å². The molecule has 10 heteroatoms. The number of carbonyl (C=O) groups excluding carboxylic acids is 1. The Labute approximate surface area is 199 Å². The summed E-state index contributed by atoms with van der Waals surface area (Å²) in [6.07, 6.45) is -3.82. The molecule has 1 saturated carbocycles. The second-order valence-electron chi connectivity index (χ2n) is 9.40. The van der Waals surface area contributed by atoms with E-state index in [2.05, 4.69) is 9.97 Å². The van der Waals surface area contributed by atoms with E-state index in [4.69, 9.17) is 15.2 Å². The number of amides is 1. The Morgan fingerprint density at radius 2 is 1.97 bits per heavy atom. The van der Waals surface area contributed by atoms with Gasteiger partial charge in [-0.1, -0.05) is 0 Å². The monoisotopic (exact) mass is 484 g/mol. The topological polar surface area (TPSA) is 90.6 Å². The fourth-order valence-corrected chi connectivity index (χ4v) is 5.41. The highest BCUT2D eigenvalue weighted by Crippen LogP contribution is 2.49. The molecular weight excluding hydrogens is 461 g/mol. The van der Waals surface area contributed by atoms with Crippen molar-refractivity contribution in [3.63, 3.8) is 0 Å². The molecule has 1 amide bonds. The van der Waals surface area contributed by atoms with Crippen LogP contribution in [0.4, 0.5) is 19.0 Å². The summed E-state index contributed by atoms with van der Waals surface area (Å²) in [7, 11) is 0. The molecule has 0 bridgehead atoms. The average Bonchev–Trinajstić information content (AvgIpc) is 3.12. The van der Waals surface area contributed by atoms with Crippen molar-refractivity contribution in [3.05, 3.63) is 64.5 Å². The van der Waals surface area contributed by atoms with Crippen molar-refractivity contribution in [3.8, 4) is 0 Å². The first-order chi connectivity index (χ1) is 16.7. The van der Waals surface area contributed by atoms with Gasteiger partial charge in [-0.15, -0.1) is 0 Å². The second kappa shape index (κ2) is 7.89. The van der Waals surface area contributed by atoms with Gasteiger partial charge in [-0.3, -0.25) is 9.78 Å². The van der Waals surface area contributed by atoms with Crippen LogP contribution in [-0.2, 0) is 28.8 Å². The van der Waals surface area contributed by atoms with Crippen molar-refractivity contribution in [1.29, 1.82) is 0 Å². The number of ether oxygens (including phenoxy) is 2. The third kappa shape index (κ3) is 3.71. The van der Waals surface area contributed by atoms with Gasteiger partial charge in [0.25, 0.3) is 5.91 Å². The van der Waals surface area contributed by atoms with Crippen LogP contribution in [0.1, 0.15) is 45.8 Å². The van der Waals surface area contributed by atoms with Crippen molar-refractivity contribution in [2.45, 2.75) is 38.4 Å². The fraction of sp³-hybridized carbons (Fsp3) is 0.400. The number of halogens is 3. The molecule has 3 aromatic rings. The third-order valence-electron chi connectivity index (χ3n) is 7.31. The molecule has 1 aromatic carbocycles. The zero-order valence-corrected chi connectivity index (χ0v) is 18.9. The van der Waals surface area contributed by atoms with E-state index >= 15 is 0 Å². The van der Waals surface area contributed by atoms with Gasteiger partial charge in [0, 0.05) is 40.6 Å². The van der Waals surface area contributed by atoms with Crippen LogP contribution in [0.2, 0.25) is 0 Å². The summed E-state index contributed by atoms with van der Waals surface area (Å²) in [5.74, 6) is 0.686. The van der Waals surface area contributed by atoms with Crippen LogP contribution >= 0.6 is 0 Å². The number of alkyl halides is 3. The number of anilines is 1. The normalized spacial score (nSPS) is 24.9. The van der Waals surface area contributed by atoms with Crippen molar-refractivity contribution >= 4 is 22.6 Å². The number of carbonyl (C=O) groups is 1. The van der Waals surface area contributed by atoms with Crippen molar-refractivity contribution in [2.24, 2.45) is 11.8 Å². The molecule has 0 radical (unpaired) electrons. The number of nitrogen functional groups attached to an aromatic ring is 1. The highest BCUT2D eigenvalue weighted by molar-refractivity contribution is 5.99. The molecule has 7 nitrogen and oxygen atoms in total. The Hall–Kier alpha value is -3.24. The molecule has 2 aromatic heterocycles. The van der Waals surface area contributed by atoms with Gasteiger partial charge in [-0.2, -0.15) is 13.2 Å². The summed E-state index contributed by atoms with van der Waals surface area (Å²) in [4.78, 5) is 24.0. The number of hydrogen-bond donors (Lipinski definition) is 1. The maximum Gasteiger partial charge on any atom is 0.417 e. The number of fused-ring (bicyclic) bond motifs is 4. The first kappa shape index (κ1) is 22.2. The van der Waals surface area contributed by atoms with E-state index < -0.39 is 11.7 Å². The Morgan fingerprint density at radius 1 is 1.20 bits per heavy atom. The van der Waals surface area contributed by atoms with Gasteiger partial charge in [-0.25, -0.2) is 4.98 Å². The van der Waals surface area contributed by atoms with Gasteiger partial charge >= 0.3 is 6.18 Å². The lowest BCUT2D eigenvalue weighted by Crippen LogP contribution is -2.36. The van der Waals surface area contributed by atoms with Gasteiger partial charge < -0.3 is 20.1 Å². The molecule has 6 rings (SSSR count). The molecule has 1 saturated heterocycles. The standard InChI is InChI=1S/C25H23F3N4O3/c1-12-21-17(11-35-12)16-6-13(2-5-20(16)31-23(21)29)24(33)32(22-18-9-34-10-19(18)22)8-15-4-3-14(7-30-15)25(26,27)28/h2-7,12,18-19,22H,8-11H2,1H3,(H2,29,31)/t12-,18-,19+,22?/m0/s1. The zero-order chi connectivity index (χ0) is 24.5. The lowest BCUT2D eigenvalue weighted by Gasteiger charge is -2.25. The molecular formula is C25H23F3N4O3. The molecule has 2 N–H and O–H groups in total. The number of rotatable bonds is 4. The van der Waals surface area contributed by atoms with Crippen molar-refractivity contribution < 1.29 is 27.4 Å². The number of hydrogen-bond acceptors (Lipinski definition) is 6. The molecule has 2 fully saturated rings. The van der Waals surface area contributed by atoms with E-state index in [0.29, 0.717) is 42.4 Å². The van der Waals surface area contributed by atoms with E-state index in [1.807, 2.05) is 13.0 Å². The van der Waals surface area contributed by atoms with Gasteiger partial charge in [0.1, 0.15) is 5.82 Å². The molecule has 182 valence electrons. The van der Waals surface area contributed by atoms with E-state index in [0.717, 1.165) is 28.8 Å². The number of pyridine rings is 2. The molecule has 35 heavy (non-hydrogen) atoms. The summed E-state index contributed by atoms with van der Waals surface area (Å²) >= 11 is 0. The van der Waals surface area contributed by atoms with Crippen molar-refractivity contribution in [2.75, 3.05) is 18.9 Å². The van der Waals surface area contributed by atoms with E-state index in [-0.39, 0.29) is 36.4 Å². The Morgan fingerprint density at radius 3 is 2.66 bits per heavy atom. The van der Waals surface area contributed by atoms with E-state index in [1.54, 1.807) is 17.0 Å². The molecule has 4 atom stereocenters. The highest BCUT2D eigenvalue weighted by atomic mass is 19.4. The summed E-state index contributed by atoms with van der Waals surface area (Å²) in [5, 5.41) is 0.816. The Bertz CT molecular complexity index is 1320. The first-order valence-electron chi connectivity index (χ1n) is 11.5. The Balaban J connectivity index is 1.34. The smallest absolute Gasteiger partial charge is 0.383 e. The second-order valence-corrected chi connectivity index (χ2v) is 9.40. The Kier molecular flexibility index (Phi) is 5.01. The van der Waals surface area contributed by atoms with Gasteiger partial charge in [-0.05, 0) is 42.8 Å². The molecule has 0 spiro atoms. The maximum atomic E-state index is 13.8. The van der Waals surface area contributed by atoms with Crippen LogP contribution in [0.15, 0.2) is 36.5 Å². The average molecular weight is 484 g/mol. The van der Waals surface area contributed by atoms with Crippen LogP contribution in [0, 0.1) is 11.8 Å². The predicted molar refractivity (Wildman–Crippen MR) is 120 cm³/mol. The van der Waals surface area contributed by atoms with Crippen LogP contribution in [0.3, 0.4) is 0 Å². The van der Waals surface area contributed by atoms with Gasteiger partial charge in [0.15, 0.2) is 0 Å². The third-order valence-corrected chi connectivity index (χ3v) is 7.31. The summed E-state index contributed by atoms with van der Waals surface area (Å²) in [6, 6.07) is 7.59. The van der Waals surface area contributed by atoms with Gasteiger partial charge in [0.2, 0.25) is 0 Å². The number of nitrogens with zero attached hydrogens (tertiary/aromatic N) is 3. The van der Waals surface area contributed by atoms with Gasteiger partial charge in [0.05, 0.1) is 49.2 Å². The highest BCUT2D eigenvalue weighted by Gasteiger charge is 2.58. The predicted octanol–water partition coefficient (Wildman–Crippen LogP) is 4.11. The summed E-state index contributed by atoms with van der Waals surface area (Å²) in [5.41, 5.74) is 8.66. The minimum absolute atomic E-state index is 0.0327. The number of nitrogens with two attached hydrogens (primary N) is 1. The SMILES string of the molecule is C[C@@H]1OCc2c1c(N)nc1ccc(C(=O)N(Cc3ccc(C(F)(F)F)cn3)C3[C@H]4COC[C@@H]34)cc21. The molecule has 1 aliphatic carbocycles. The minimum atomic E-state index is -4.46. The van der Waals surface area contributed by atoms with Crippen LogP contribution in [0.25, 0.3) is 10.9 Å². The molecule has 2 aliphatic heterocycles. The molecule has 3 aliphatic rings. The quantitative estimate of drug-likeness (QED) is 0.600. The molecule has 1 unspecified atom stereocenters. The summed E-state index contributed by atoms with van der Waals surface area (Å²) in [6.45, 7) is 3.56. The number of aromatic nitrogens is 2. The lowest BCUT2D eigenvalue weighted by molar-refractivity contribution is -0.137. The van der Waals surface area contributed by atoms with E-state index in [9.17, 15) is 18.0 Å². The molecule has 4 heterocycles. The van der Waals surface area contributed by atoms with Crippen molar-refractivity contribution in [1.82, 2.24) is 14.9 Å². The zero-order valence-electron chi connectivity index (χ0n) is 18.9. The fourth-order valence-electron chi connectivity index (χ4n) is 5.41. The minimum Gasteiger partial charge on any atom is -0.383 e. The van der Waals surface area contributed by atoms with E-state index in [1.165, 1.54) is 6.07 Å². The van der Waals surface area contributed by atoms with Crippen LogP contribution in [-0.4, -0.2) is 40.0 Å². The maximum absolute atomic E-state index is 13.8.